The summed E-state index contributed by atoms with van der Waals surface area (Å²) >= 11 is 0. The van der Waals surface area contributed by atoms with Crippen molar-refractivity contribution in [2.45, 2.75) is 26.6 Å². The quantitative estimate of drug-likeness (QED) is 0.732. The van der Waals surface area contributed by atoms with E-state index in [2.05, 4.69) is 17.4 Å². The van der Waals surface area contributed by atoms with Crippen molar-refractivity contribution in [1.82, 2.24) is 4.90 Å². The first kappa shape index (κ1) is 21.3. The number of nitriles is 1. The molecule has 1 atom stereocenters. The van der Waals surface area contributed by atoms with Gasteiger partial charge in [0.05, 0.1) is 17.9 Å². The highest BCUT2D eigenvalue weighted by atomic mass is 19.4. The molecule has 1 aromatic carbocycles. The average molecular weight is 390 g/mol. The monoisotopic (exact) mass is 390 g/mol. The van der Waals surface area contributed by atoms with E-state index in [4.69, 9.17) is 0 Å². The van der Waals surface area contributed by atoms with E-state index in [0.29, 0.717) is 22.5 Å². The Balaban J connectivity index is 2.42. The van der Waals surface area contributed by atoms with E-state index in [1.807, 2.05) is 19.9 Å². The smallest absolute Gasteiger partial charge is 0.406 e. The Morgan fingerprint density at radius 2 is 1.96 bits per heavy atom. The highest BCUT2D eigenvalue weighted by Crippen LogP contribution is 2.36. The summed E-state index contributed by atoms with van der Waals surface area (Å²) in [4.78, 5) is 1.64. The van der Waals surface area contributed by atoms with Crippen LogP contribution in [0.25, 0.3) is 5.57 Å². The van der Waals surface area contributed by atoms with Gasteiger partial charge in [-0.3, -0.25) is 0 Å². The van der Waals surface area contributed by atoms with E-state index in [-0.39, 0.29) is 23.8 Å². The number of aliphatic hydroxyl groups excluding tert-OH is 1. The minimum Gasteiger partial charge on any atom is -0.406 e. The van der Waals surface area contributed by atoms with Crippen LogP contribution in [0, 0.1) is 17.2 Å². The topological polar surface area (TPSA) is 56.5 Å². The third kappa shape index (κ3) is 5.05. The zero-order chi connectivity index (χ0) is 20.9. The Labute approximate surface area is 162 Å². The number of allylic oxidation sites excluding steroid dienone is 4. The maximum atomic E-state index is 12.3. The molecule has 1 heterocycles. The van der Waals surface area contributed by atoms with Gasteiger partial charge in [-0.1, -0.05) is 45.1 Å². The van der Waals surface area contributed by atoms with Gasteiger partial charge in [0.15, 0.2) is 0 Å². The van der Waals surface area contributed by atoms with Crippen molar-refractivity contribution in [2.75, 3.05) is 6.61 Å². The first-order chi connectivity index (χ1) is 13.2. The fraction of sp³-hybridized carbons (Fsp3) is 0.286. The van der Waals surface area contributed by atoms with Crippen LogP contribution < -0.4 is 4.74 Å². The third-order valence-electron chi connectivity index (χ3n) is 4.37. The van der Waals surface area contributed by atoms with Gasteiger partial charge in [0.25, 0.3) is 0 Å². The molecule has 0 aromatic heterocycles. The molecule has 0 saturated carbocycles. The van der Waals surface area contributed by atoms with Gasteiger partial charge >= 0.3 is 6.36 Å². The van der Waals surface area contributed by atoms with Gasteiger partial charge < -0.3 is 14.7 Å². The van der Waals surface area contributed by atoms with Gasteiger partial charge in [-0.25, -0.2) is 0 Å². The SMILES string of the molecule is C=C1C(c2ccc(OC(F)(F)F)cc2)=CC(C#N)=C(CO)N1/C=C\C(C)CC. The van der Waals surface area contributed by atoms with Crippen molar-refractivity contribution in [3.63, 3.8) is 0 Å². The zero-order valence-electron chi connectivity index (χ0n) is 15.6. The van der Waals surface area contributed by atoms with Gasteiger partial charge in [0.1, 0.15) is 11.8 Å². The van der Waals surface area contributed by atoms with Crippen molar-refractivity contribution in [2.24, 2.45) is 5.92 Å². The van der Waals surface area contributed by atoms with Gasteiger partial charge in [0.2, 0.25) is 0 Å². The Morgan fingerprint density at radius 1 is 1.32 bits per heavy atom. The van der Waals surface area contributed by atoms with Crippen molar-refractivity contribution >= 4 is 5.57 Å². The summed E-state index contributed by atoms with van der Waals surface area (Å²) in [5.74, 6) is -0.0506. The number of ether oxygens (including phenoxy) is 1. The molecule has 1 N–H and O–H groups in total. The van der Waals surface area contributed by atoms with E-state index in [0.717, 1.165) is 6.42 Å². The Kier molecular flexibility index (Phi) is 6.71. The summed E-state index contributed by atoms with van der Waals surface area (Å²) in [6.07, 6.45) is 1.43. The summed E-state index contributed by atoms with van der Waals surface area (Å²) < 4.78 is 40.9. The summed E-state index contributed by atoms with van der Waals surface area (Å²) in [6.45, 7) is 7.77. The number of hydrogen-bond donors (Lipinski definition) is 1. The van der Waals surface area contributed by atoms with Crippen LogP contribution in [0.4, 0.5) is 13.2 Å². The van der Waals surface area contributed by atoms with Crippen LogP contribution in [-0.4, -0.2) is 23.0 Å². The van der Waals surface area contributed by atoms with Gasteiger partial charge in [-0.2, -0.15) is 5.26 Å². The molecule has 1 aromatic rings. The van der Waals surface area contributed by atoms with Crippen LogP contribution in [0.5, 0.6) is 5.75 Å². The number of aliphatic hydroxyl groups is 1. The van der Waals surface area contributed by atoms with Gasteiger partial charge in [-0.05, 0) is 29.7 Å². The first-order valence-corrected chi connectivity index (χ1v) is 8.69. The molecule has 1 aliphatic heterocycles. The number of alkyl halides is 3. The molecular formula is C21H21F3N2O2. The Bertz CT molecular complexity index is 859. The number of rotatable bonds is 6. The molecule has 0 bridgehead atoms. The minimum absolute atomic E-state index is 0.259. The lowest BCUT2D eigenvalue weighted by molar-refractivity contribution is -0.274. The van der Waals surface area contributed by atoms with E-state index < -0.39 is 6.36 Å². The highest BCUT2D eigenvalue weighted by molar-refractivity contribution is 5.83. The Hall–Kier alpha value is -2.98. The van der Waals surface area contributed by atoms with Crippen LogP contribution in [0.3, 0.4) is 0 Å². The molecule has 0 spiro atoms. The van der Waals surface area contributed by atoms with Crippen molar-refractivity contribution < 1.29 is 23.0 Å². The molecular weight excluding hydrogens is 369 g/mol. The predicted octanol–water partition coefficient (Wildman–Crippen LogP) is 5.13. The molecule has 7 heteroatoms. The second-order valence-corrected chi connectivity index (χ2v) is 6.30. The molecule has 1 unspecified atom stereocenters. The van der Waals surface area contributed by atoms with Gasteiger partial charge in [-0.15, -0.1) is 13.2 Å². The molecule has 0 aliphatic carbocycles. The molecule has 148 valence electrons. The minimum atomic E-state index is -4.76. The second-order valence-electron chi connectivity index (χ2n) is 6.30. The fourth-order valence-corrected chi connectivity index (χ4v) is 2.63. The molecule has 0 saturated heterocycles. The van der Waals surface area contributed by atoms with E-state index >= 15 is 0 Å². The standard InChI is InChI=1S/C21H21F3N2O2/c1-4-14(2)9-10-26-15(3)19(11-17(12-25)20(26)13-27)16-5-7-18(8-6-16)28-21(22,23)24/h5-11,14,27H,3-4,13H2,1-2H3/b10-9-. The summed E-state index contributed by atoms with van der Waals surface area (Å²) in [7, 11) is 0. The van der Waals surface area contributed by atoms with Crippen LogP contribution in [0.1, 0.15) is 25.8 Å². The molecule has 0 radical (unpaired) electrons. The zero-order valence-corrected chi connectivity index (χ0v) is 15.6. The average Bonchev–Trinajstić information content (AvgIpc) is 2.65. The largest absolute Gasteiger partial charge is 0.573 e. The Morgan fingerprint density at radius 3 is 2.46 bits per heavy atom. The number of benzene rings is 1. The van der Waals surface area contributed by atoms with Crippen LogP contribution in [0.2, 0.25) is 0 Å². The normalized spacial score (nSPS) is 16.2. The van der Waals surface area contributed by atoms with Crippen LogP contribution >= 0.6 is 0 Å². The lowest BCUT2D eigenvalue weighted by Crippen LogP contribution is -2.24. The summed E-state index contributed by atoms with van der Waals surface area (Å²) in [5, 5.41) is 19.2. The molecule has 0 fully saturated rings. The lowest BCUT2D eigenvalue weighted by atomic mass is 9.95. The highest BCUT2D eigenvalue weighted by Gasteiger charge is 2.31. The summed E-state index contributed by atoms with van der Waals surface area (Å²) in [6, 6.07) is 7.39. The molecule has 4 nitrogen and oxygen atoms in total. The van der Waals surface area contributed by atoms with E-state index in [1.165, 1.54) is 24.3 Å². The number of hydrogen-bond acceptors (Lipinski definition) is 4. The first-order valence-electron chi connectivity index (χ1n) is 8.69. The van der Waals surface area contributed by atoms with Crippen LogP contribution in [0.15, 0.2) is 66.2 Å². The lowest BCUT2D eigenvalue weighted by Gasteiger charge is -2.31. The maximum absolute atomic E-state index is 12.3. The predicted molar refractivity (Wildman–Crippen MR) is 100 cm³/mol. The van der Waals surface area contributed by atoms with E-state index in [9.17, 15) is 23.5 Å². The second kappa shape index (κ2) is 8.81. The number of nitrogens with zero attached hydrogens (tertiary/aromatic N) is 2. The summed E-state index contributed by atoms with van der Waals surface area (Å²) in [5.41, 5.74) is 2.31. The van der Waals surface area contributed by atoms with Crippen molar-refractivity contribution in [3.8, 4) is 11.8 Å². The maximum Gasteiger partial charge on any atom is 0.573 e. The van der Waals surface area contributed by atoms with Crippen molar-refractivity contribution in [1.29, 1.82) is 5.26 Å². The fourth-order valence-electron chi connectivity index (χ4n) is 2.63. The molecule has 2 rings (SSSR count). The molecule has 1 aliphatic rings. The molecule has 0 amide bonds. The van der Waals surface area contributed by atoms with E-state index in [1.54, 1.807) is 17.2 Å². The van der Waals surface area contributed by atoms with Gasteiger partial charge in [0, 0.05) is 17.5 Å². The number of halogens is 3. The third-order valence-corrected chi connectivity index (χ3v) is 4.37. The molecule has 28 heavy (non-hydrogen) atoms. The van der Waals surface area contributed by atoms with Crippen LogP contribution in [-0.2, 0) is 0 Å². The van der Waals surface area contributed by atoms with Crippen molar-refractivity contribution in [3.05, 3.63) is 71.7 Å².